The van der Waals surface area contributed by atoms with Crippen molar-refractivity contribution in [2.75, 3.05) is 44.7 Å². The number of amides is 1. The van der Waals surface area contributed by atoms with E-state index in [0.29, 0.717) is 50.8 Å². The molecule has 0 atom stereocenters. The Kier molecular flexibility index (Phi) is 5.71. The number of hydrogen-bond donors (Lipinski definition) is 0. The summed E-state index contributed by atoms with van der Waals surface area (Å²) in [5, 5.41) is 4.41. The van der Waals surface area contributed by atoms with Crippen LogP contribution >= 0.6 is 0 Å². The minimum absolute atomic E-state index is 0.127. The summed E-state index contributed by atoms with van der Waals surface area (Å²) in [5.74, 6) is 1.04. The molecular formula is C18H26N4O4S. The number of nitrogens with zero attached hydrogens (tertiary/aromatic N) is 4. The Bertz CT molecular complexity index is 908. The molecule has 1 amide bonds. The lowest BCUT2D eigenvalue weighted by atomic mass is 10.3. The quantitative estimate of drug-likeness (QED) is 0.725. The normalized spacial score (nSPS) is 16.0. The van der Waals surface area contributed by atoms with Gasteiger partial charge in [0.2, 0.25) is 0 Å². The molecule has 0 aliphatic carbocycles. The Morgan fingerprint density at radius 3 is 2.48 bits per heavy atom. The third-order valence-corrected chi connectivity index (χ3v) is 5.64. The number of hydrogen-bond acceptors (Lipinski definition) is 6. The van der Waals surface area contributed by atoms with E-state index in [1.807, 2.05) is 30.7 Å². The van der Waals surface area contributed by atoms with Crippen LogP contribution < -0.4 is 0 Å². The van der Waals surface area contributed by atoms with Crippen LogP contribution in [0, 0.1) is 13.8 Å². The zero-order valence-corrected chi connectivity index (χ0v) is 16.8. The lowest BCUT2D eigenvalue weighted by Gasteiger charge is -2.34. The second kappa shape index (κ2) is 7.85. The molecule has 1 saturated heterocycles. The highest BCUT2D eigenvalue weighted by Crippen LogP contribution is 2.15. The molecule has 8 nitrogen and oxygen atoms in total. The average molecular weight is 394 g/mol. The van der Waals surface area contributed by atoms with Crippen LogP contribution in [0.1, 0.15) is 27.7 Å². The van der Waals surface area contributed by atoms with E-state index >= 15 is 0 Å². The van der Waals surface area contributed by atoms with Gasteiger partial charge >= 0.3 is 0 Å². The molecule has 2 aromatic rings. The number of rotatable bonds is 6. The van der Waals surface area contributed by atoms with E-state index in [4.69, 9.17) is 4.42 Å². The Labute approximate surface area is 159 Å². The van der Waals surface area contributed by atoms with Gasteiger partial charge in [0.05, 0.1) is 18.0 Å². The number of sulfone groups is 1. The lowest BCUT2D eigenvalue weighted by Crippen LogP contribution is -2.49. The second-order valence-electron chi connectivity index (χ2n) is 7.11. The van der Waals surface area contributed by atoms with Crippen LogP contribution in [0.3, 0.4) is 0 Å². The Balaban J connectivity index is 1.55. The second-order valence-corrected chi connectivity index (χ2v) is 9.37. The van der Waals surface area contributed by atoms with Gasteiger partial charge in [-0.15, -0.1) is 0 Å². The summed E-state index contributed by atoms with van der Waals surface area (Å²) in [6.07, 6.45) is 1.24. The molecular weight excluding hydrogens is 368 g/mol. The molecule has 148 valence electrons. The zero-order valence-electron chi connectivity index (χ0n) is 16.0. The number of piperazine rings is 1. The molecule has 0 spiro atoms. The van der Waals surface area contributed by atoms with Gasteiger partial charge in [-0.3, -0.25) is 14.4 Å². The predicted octanol–water partition coefficient (Wildman–Crippen LogP) is 0.944. The molecule has 27 heavy (non-hydrogen) atoms. The first-order chi connectivity index (χ1) is 12.7. The van der Waals surface area contributed by atoms with Gasteiger partial charge in [0.25, 0.3) is 5.91 Å². The number of furan rings is 1. The number of aryl methyl sites for hydroxylation is 2. The fourth-order valence-electron chi connectivity index (χ4n) is 3.19. The maximum Gasteiger partial charge on any atom is 0.289 e. The van der Waals surface area contributed by atoms with E-state index < -0.39 is 9.84 Å². The van der Waals surface area contributed by atoms with Crippen LogP contribution in [0.2, 0.25) is 0 Å². The van der Waals surface area contributed by atoms with Crippen molar-refractivity contribution in [2.45, 2.75) is 20.4 Å². The first-order valence-electron chi connectivity index (χ1n) is 9.00. The van der Waals surface area contributed by atoms with Gasteiger partial charge in [-0.1, -0.05) is 0 Å². The fraction of sp³-hybridized carbons (Fsp3) is 0.556. The summed E-state index contributed by atoms with van der Waals surface area (Å²) >= 11 is 0. The van der Waals surface area contributed by atoms with E-state index in [0.717, 1.165) is 11.4 Å². The molecule has 1 aliphatic heterocycles. The molecule has 0 radical (unpaired) electrons. The molecule has 9 heteroatoms. The summed E-state index contributed by atoms with van der Waals surface area (Å²) in [6.45, 7) is 7.39. The standard InChI is InChI=1S/C18H26N4O4S/c1-14-12-15(2)22(19-14)13-16-4-5-17(26-16)18(23)21-8-6-20(7-9-21)10-11-27(3,24)25/h4-5,12H,6-11,13H2,1-3H3. The van der Waals surface area contributed by atoms with Crippen molar-refractivity contribution in [3.05, 3.63) is 41.1 Å². The van der Waals surface area contributed by atoms with E-state index in [1.54, 1.807) is 11.0 Å². The molecule has 1 fully saturated rings. The van der Waals surface area contributed by atoms with Crippen LogP contribution in [0.4, 0.5) is 0 Å². The van der Waals surface area contributed by atoms with Crippen molar-refractivity contribution < 1.29 is 17.6 Å². The average Bonchev–Trinajstić information content (AvgIpc) is 3.19. The zero-order chi connectivity index (χ0) is 19.6. The van der Waals surface area contributed by atoms with E-state index in [-0.39, 0.29) is 11.7 Å². The predicted molar refractivity (Wildman–Crippen MR) is 102 cm³/mol. The molecule has 2 aromatic heterocycles. The fourth-order valence-corrected chi connectivity index (χ4v) is 3.78. The molecule has 1 aliphatic rings. The Hall–Kier alpha value is -2.13. The van der Waals surface area contributed by atoms with Gasteiger partial charge in [0, 0.05) is 44.7 Å². The van der Waals surface area contributed by atoms with Gasteiger partial charge in [-0.25, -0.2) is 8.42 Å². The molecule has 3 heterocycles. The highest BCUT2D eigenvalue weighted by atomic mass is 32.2. The molecule has 0 N–H and O–H groups in total. The smallest absolute Gasteiger partial charge is 0.289 e. The van der Waals surface area contributed by atoms with E-state index in [1.165, 1.54) is 6.26 Å². The first kappa shape index (κ1) is 19.6. The van der Waals surface area contributed by atoms with Crippen molar-refractivity contribution >= 4 is 15.7 Å². The van der Waals surface area contributed by atoms with Crippen molar-refractivity contribution in [3.8, 4) is 0 Å². The molecule has 0 bridgehead atoms. The van der Waals surface area contributed by atoms with E-state index in [2.05, 4.69) is 10.00 Å². The van der Waals surface area contributed by atoms with Crippen LogP contribution in [0.25, 0.3) is 0 Å². The summed E-state index contributed by atoms with van der Waals surface area (Å²) in [7, 11) is -2.97. The molecule has 0 unspecified atom stereocenters. The van der Waals surface area contributed by atoms with Crippen molar-refractivity contribution in [3.63, 3.8) is 0 Å². The third kappa shape index (κ3) is 5.20. The number of aromatic nitrogens is 2. The summed E-state index contributed by atoms with van der Waals surface area (Å²) in [4.78, 5) is 16.5. The SMILES string of the molecule is Cc1cc(C)n(Cc2ccc(C(=O)N3CCN(CCS(C)(=O)=O)CC3)o2)n1. The minimum atomic E-state index is -2.97. The highest BCUT2D eigenvalue weighted by Gasteiger charge is 2.24. The largest absolute Gasteiger partial charge is 0.454 e. The Morgan fingerprint density at radius 1 is 1.19 bits per heavy atom. The van der Waals surface area contributed by atoms with Gasteiger partial charge in [-0.2, -0.15) is 5.10 Å². The van der Waals surface area contributed by atoms with Gasteiger partial charge < -0.3 is 9.32 Å². The maximum absolute atomic E-state index is 12.7. The van der Waals surface area contributed by atoms with Crippen molar-refractivity contribution in [1.82, 2.24) is 19.6 Å². The van der Waals surface area contributed by atoms with Crippen molar-refractivity contribution in [1.29, 1.82) is 0 Å². The number of carbonyl (C=O) groups excluding carboxylic acids is 1. The van der Waals surface area contributed by atoms with Gasteiger partial charge in [0.15, 0.2) is 5.76 Å². The minimum Gasteiger partial charge on any atom is -0.454 e. The summed E-state index contributed by atoms with van der Waals surface area (Å²) < 4.78 is 30.1. The van der Waals surface area contributed by atoms with Gasteiger partial charge in [0.1, 0.15) is 15.6 Å². The topological polar surface area (TPSA) is 88.7 Å². The van der Waals surface area contributed by atoms with Crippen LogP contribution in [-0.4, -0.2) is 78.6 Å². The van der Waals surface area contributed by atoms with Crippen molar-refractivity contribution in [2.24, 2.45) is 0 Å². The highest BCUT2D eigenvalue weighted by molar-refractivity contribution is 7.90. The lowest BCUT2D eigenvalue weighted by molar-refractivity contribution is 0.0611. The monoisotopic (exact) mass is 394 g/mol. The first-order valence-corrected chi connectivity index (χ1v) is 11.1. The molecule has 0 aromatic carbocycles. The van der Waals surface area contributed by atoms with Crippen LogP contribution in [0.5, 0.6) is 0 Å². The molecule has 0 saturated carbocycles. The third-order valence-electron chi connectivity index (χ3n) is 4.72. The van der Waals surface area contributed by atoms with Crippen LogP contribution in [-0.2, 0) is 16.4 Å². The maximum atomic E-state index is 12.7. The summed E-state index contributed by atoms with van der Waals surface area (Å²) in [5.41, 5.74) is 1.99. The molecule has 3 rings (SSSR count). The van der Waals surface area contributed by atoms with Gasteiger partial charge in [-0.05, 0) is 32.0 Å². The summed E-state index contributed by atoms with van der Waals surface area (Å²) in [6, 6.07) is 5.52. The number of carbonyl (C=O) groups is 1. The van der Waals surface area contributed by atoms with E-state index in [9.17, 15) is 13.2 Å². The van der Waals surface area contributed by atoms with Crippen LogP contribution in [0.15, 0.2) is 22.6 Å². The Morgan fingerprint density at radius 2 is 1.89 bits per heavy atom.